The third-order valence-corrected chi connectivity index (χ3v) is 7.93. The second-order valence-corrected chi connectivity index (χ2v) is 13.5. The van der Waals surface area contributed by atoms with Gasteiger partial charge in [0.2, 0.25) is 11.9 Å². The van der Waals surface area contributed by atoms with Gasteiger partial charge in [-0.25, -0.2) is 4.98 Å². The van der Waals surface area contributed by atoms with E-state index >= 15 is 0 Å². The number of methoxy groups -OCH3 is 1. The lowest BCUT2D eigenvalue weighted by molar-refractivity contribution is -0.155. The zero-order valence-electron chi connectivity index (χ0n) is 30.2. The van der Waals surface area contributed by atoms with Gasteiger partial charge in [0.05, 0.1) is 25.6 Å². The van der Waals surface area contributed by atoms with Gasteiger partial charge in [-0.15, -0.1) is 10.2 Å². The molecule has 0 spiro atoms. The second-order valence-electron chi connectivity index (χ2n) is 13.5. The van der Waals surface area contributed by atoms with Crippen LogP contribution in [0, 0.1) is 0 Å². The van der Waals surface area contributed by atoms with Crippen LogP contribution in [0.4, 0.5) is 11.8 Å². The van der Waals surface area contributed by atoms with E-state index in [1.54, 1.807) is 7.11 Å². The minimum Gasteiger partial charge on any atom is -0.496 e. The van der Waals surface area contributed by atoms with Gasteiger partial charge in [0.15, 0.2) is 5.82 Å². The number of anilines is 2. The summed E-state index contributed by atoms with van der Waals surface area (Å²) < 4.78 is 11.4. The number of carbonyl (C=O) groups is 3. The van der Waals surface area contributed by atoms with Crippen molar-refractivity contribution in [1.29, 1.82) is 0 Å². The zero-order valence-corrected chi connectivity index (χ0v) is 30.2. The summed E-state index contributed by atoms with van der Waals surface area (Å²) in [6.45, 7) is 9.60. The molecule has 3 aromatic rings. The monoisotopic (exact) mass is 695 g/mol. The Balaban J connectivity index is 2.01. The molecule has 274 valence electrons. The summed E-state index contributed by atoms with van der Waals surface area (Å²) in [6, 6.07) is 5.01. The summed E-state index contributed by atoms with van der Waals surface area (Å²) in [5.74, 6) is 0.0611. The van der Waals surface area contributed by atoms with Gasteiger partial charge >= 0.3 is 11.9 Å². The lowest BCUT2D eigenvalue weighted by atomic mass is 9.97. The Kier molecular flexibility index (Phi) is 15.4. The standard InChI is InChI=1S/C35H53N9O6/c1-7-9-11-24(20-31(46)47)37-30(45)16-14-27-26(19-23-17-22(13-15-28(23)49-6)18-29-41-43-44-42-29)33(40-34(36)39-27)38-25(12-10-8-2)21-32(48)50-35(3,4)5/h13,15,17,24-25H,7-12,14,16,18-21H2,1-6H3,(H,37,45)(H,46,47)(H3,36,38,39,40)(H,41,42,43,44)/t24-,25-/m0/s1. The first-order valence-corrected chi connectivity index (χ1v) is 17.3. The highest BCUT2D eigenvalue weighted by molar-refractivity contribution is 5.78. The number of aromatic nitrogens is 6. The summed E-state index contributed by atoms with van der Waals surface area (Å²) in [5.41, 5.74) is 8.64. The Morgan fingerprint density at radius 1 is 1.02 bits per heavy atom. The predicted octanol–water partition coefficient (Wildman–Crippen LogP) is 4.55. The number of nitrogens with two attached hydrogens (primary N) is 1. The number of nitrogens with zero attached hydrogens (tertiary/aromatic N) is 5. The number of aromatic amines is 1. The summed E-state index contributed by atoms with van der Waals surface area (Å²) in [7, 11) is 1.59. The molecule has 0 aliphatic heterocycles. The van der Waals surface area contributed by atoms with Crippen molar-refractivity contribution >= 4 is 29.6 Å². The molecule has 50 heavy (non-hydrogen) atoms. The normalized spacial score (nSPS) is 12.6. The molecule has 15 nitrogen and oxygen atoms in total. The van der Waals surface area contributed by atoms with E-state index < -0.39 is 17.6 Å². The minimum absolute atomic E-state index is 0.0164. The van der Waals surface area contributed by atoms with Crippen molar-refractivity contribution in [1.82, 2.24) is 35.9 Å². The van der Waals surface area contributed by atoms with Crippen LogP contribution in [0.15, 0.2) is 18.2 Å². The van der Waals surface area contributed by atoms with E-state index in [1.165, 1.54) is 0 Å². The third-order valence-electron chi connectivity index (χ3n) is 7.93. The highest BCUT2D eigenvalue weighted by Gasteiger charge is 2.24. The molecule has 2 aromatic heterocycles. The molecule has 3 rings (SSSR count). The fourth-order valence-electron chi connectivity index (χ4n) is 5.64. The quantitative estimate of drug-likeness (QED) is 0.0967. The molecular formula is C35H53N9O6. The molecule has 0 fully saturated rings. The molecule has 2 heterocycles. The first-order chi connectivity index (χ1) is 23.8. The maximum Gasteiger partial charge on any atom is 0.308 e. The van der Waals surface area contributed by atoms with E-state index in [9.17, 15) is 19.5 Å². The molecule has 0 unspecified atom stereocenters. The predicted molar refractivity (Wildman–Crippen MR) is 189 cm³/mol. The largest absolute Gasteiger partial charge is 0.496 e. The maximum absolute atomic E-state index is 13.2. The van der Waals surface area contributed by atoms with Gasteiger partial charge in [0, 0.05) is 36.9 Å². The number of carboxylic acid groups (broad SMARTS) is 1. The van der Waals surface area contributed by atoms with Crippen molar-refractivity contribution in [2.24, 2.45) is 0 Å². The number of unbranched alkanes of at least 4 members (excludes halogenated alkanes) is 2. The molecular weight excluding hydrogens is 642 g/mol. The highest BCUT2D eigenvalue weighted by Crippen LogP contribution is 2.30. The van der Waals surface area contributed by atoms with Crippen molar-refractivity contribution in [3.63, 3.8) is 0 Å². The zero-order chi connectivity index (χ0) is 36.7. The Labute approximate surface area is 293 Å². The number of hydrogen-bond donors (Lipinski definition) is 5. The van der Waals surface area contributed by atoms with Crippen LogP contribution in [-0.4, -0.2) is 78.3 Å². The number of aliphatic carboxylic acids is 1. The number of nitrogen functional groups attached to an aromatic ring is 1. The van der Waals surface area contributed by atoms with Gasteiger partial charge < -0.3 is 30.9 Å². The molecule has 1 aromatic carbocycles. The van der Waals surface area contributed by atoms with Crippen LogP contribution in [0.5, 0.6) is 5.75 Å². The van der Waals surface area contributed by atoms with Crippen LogP contribution >= 0.6 is 0 Å². The Bertz CT molecular complexity index is 1540. The van der Waals surface area contributed by atoms with E-state index in [2.05, 4.69) is 48.1 Å². The Morgan fingerprint density at radius 2 is 1.74 bits per heavy atom. The van der Waals surface area contributed by atoms with Crippen LogP contribution in [0.3, 0.4) is 0 Å². The topological polar surface area (TPSA) is 220 Å². The van der Waals surface area contributed by atoms with Crippen molar-refractivity contribution in [3.05, 3.63) is 46.4 Å². The number of tetrazole rings is 1. The molecule has 0 bridgehead atoms. The van der Waals surface area contributed by atoms with Crippen LogP contribution in [0.1, 0.15) is 121 Å². The molecule has 0 saturated heterocycles. The van der Waals surface area contributed by atoms with Crippen molar-refractivity contribution in [2.75, 3.05) is 18.2 Å². The number of rotatable bonds is 21. The van der Waals surface area contributed by atoms with E-state index in [-0.39, 0.29) is 49.5 Å². The average Bonchev–Trinajstić information content (AvgIpc) is 3.54. The number of amides is 1. The molecule has 15 heteroatoms. The van der Waals surface area contributed by atoms with E-state index in [4.69, 9.17) is 15.2 Å². The van der Waals surface area contributed by atoms with Crippen LogP contribution < -0.4 is 21.1 Å². The first-order valence-electron chi connectivity index (χ1n) is 17.3. The van der Waals surface area contributed by atoms with E-state index in [0.29, 0.717) is 54.3 Å². The second kappa shape index (κ2) is 19.4. The summed E-state index contributed by atoms with van der Waals surface area (Å²) in [4.78, 5) is 46.7. The average molecular weight is 696 g/mol. The molecule has 0 aliphatic carbocycles. The van der Waals surface area contributed by atoms with E-state index in [1.807, 2.05) is 45.9 Å². The number of aryl methyl sites for hydroxylation is 1. The fraction of sp³-hybridized carbons (Fsp3) is 0.600. The van der Waals surface area contributed by atoms with Gasteiger partial charge in [-0.05, 0) is 57.2 Å². The van der Waals surface area contributed by atoms with Crippen LogP contribution in [-0.2, 0) is 38.4 Å². The number of ether oxygens (including phenoxy) is 2. The molecule has 6 N–H and O–H groups in total. The molecule has 0 aliphatic rings. The SMILES string of the molecule is CCCC[C@@H](CC(=O)O)NC(=O)CCc1nc(N)nc(N[C@@H](CCCC)CC(=O)OC(C)(C)C)c1Cc1cc(Cc2nn[nH]n2)ccc1OC. The number of hydrogen-bond acceptors (Lipinski definition) is 12. The van der Waals surface area contributed by atoms with Crippen molar-refractivity contribution in [3.8, 4) is 5.75 Å². The number of carboxylic acids is 1. The number of carbonyl (C=O) groups excluding carboxylic acids is 2. The highest BCUT2D eigenvalue weighted by atomic mass is 16.6. The third kappa shape index (κ3) is 13.6. The van der Waals surface area contributed by atoms with Crippen molar-refractivity contribution < 1.29 is 29.0 Å². The molecule has 1 amide bonds. The van der Waals surface area contributed by atoms with Gasteiger partial charge in [-0.3, -0.25) is 14.4 Å². The first kappa shape index (κ1) is 39.6. The van der Waals surface area contributed by atoms with Crippen LogP contribution in [0.2, 0.25) is 0 Å². The van der Waals surface area contributed by atoms with Gasteiger partial charge in [-0.1, -0.05) is 56.9 Å². The van der Waals surface area contributed by atoms with Crippen LogP contribution in [0.25, 0.3) is 0 Å². The lowest BCUT2D eigenvalue weighted by Gasteiger charge is -2.25. The van der Waals surface area contributed by atoms with Gasteiger partial charge in [0.25, 0.3) is 0 Å². The molecule has 0 radical (unpaired) electrons. The number of nitrogens with one attached hydrogen (secondary N) is 3. The van der Waals surface area contributed by atoms with Gasteiger partial charge in [0.1, 0.15) is 17.2 Å². The smallest absolute Gasteiger partial charge is 0.308 e. The fourth-order valence-corrected chi connectivity index (χ4v) is 5.64. The lowest BCUT2D eigenvalue weighted by Crippen LogP contribution is -2.36. The summed E-state index contributed by atoms with van der Waals surface area (Å²) in [5, 5.41) is 30.0. The number of esters is 1. The maximum atomic E-state index is 13.2. The minimum atomic E-state index is -0.965. The Hall–Kier alpha value is -4.82. The Morgan fingerprint density at radius 3 is 2.36 bits per heavy atom. The number of H-pyrrole nitrogens is 1. The van der Waals surface area contributed by atoms with E-state index in [0.717, 1.165) is 36.8 Å². The van der Waals surface area contributed by atoms with Crippen molar-refractivity contribution in [2.45, 2.75) is 129 Å². The molecule has 0 saturated carbocycles. The summed E-state index contributed by atoms with van der Waals surface area (Å²) in [6.07, 6.45) is 5.73. The molecule has 2 atom stereocenters. The summed E-state index contributed by atoms with van der Waals surface area (Å²) >= 11 is 0. The number of benzene rings is 1. The van der Waals surface area contributed by atoms with Gasteiger partial charge in [-0.2, -0.15) is 10.2 Å².